The third-order valence-corrected chi connectivity index (χ3v) is 4.25. The lowest BCUT2D eigenvalue weighted by Crippen LogP contribution is -2.24. The summed E-state index contributed by atoms with van der Waals surface area (Å²) in [6.45, 7) is 1.13. The number of aromatic hydroxyl groups is 1. The molecule has 0 saturated heterocycles. The first-order chi connectivity index (χ1) is 12.0. The molecular formula is C19H20N2O4. The molecule has 0 spiro atoms. The number of ketones is 2. The van der Waals surface area contributed by atoms with Crippen molar-refractivity contribution in [2.75, 3.05) is 27.2 Å². The van der Waals surface area contributed by atoms with E-state index in [4.69, 9.17) is 10.5 Å². The normalized spacial score (nSPS) is 13.0. The summed E-state index contributed by atoms with van der Waals surface area (Å²) in [5, 5.41) is 10.4. The second-order valence-corrected chi connectivity index (χ2v) is 6.19. The van der Waals surface area contributed by atoms with Crippen LogP contribution in [0.5, 0.6) is 11.5 Å². The van der Waals surface area contributed by atoms with E-state index in [-0.39, 0.29) is 34.8 Å². The second kappa shape index (κ2) is 6.66. The van der Waals surface area contributed by atoms with E-state index in [2.05, 4.69) is 0 Å². The molecule has 0 unspecified atom stereocenters. The molecule has 0 aromatic heterocycles. The average molecular weight is 340 g/mol. The molecule has 0 radical (unpaired) electrons. The van der Waals surface area contributed by atoms with Gasteiger partial charge in [0.1, 0.15) is 18.1 Å². The molecule has 0 amide bonds. The van der Waals surface area contributed by atoms with Crippen molar-refractivity contribution in [1.29, 1.82) is 0 Å². The summed E-state index contributed by atoms with van der Waals surface area (Å²) < 4.78 is 5.72. The first-order valence-electron chi connectivity index (χ1n) is 8.00. The zero-order valence-corrected chi connectivity index (χ0v) is 14.2. The summed E-state index contributed by atoms with van der Waals surface area (Å²) in [6, 6.07) is 8.07. The van der Waals surface area contributed by atoms with Gasteiger partial charge in [-0.2, -0.15) is 0 Å². The van der Waals surface area contributed by atoms with Crippen LogP contribution in [0.4, 0.5) is 0 Å². The lowest BCUT2D eigenvalue weighted by molar-refractivity contribution is 0.0972. The predicted molar refractivity (Wildman–Crippen MR) is 93.4 cm³/mol. The summed E-state index contributed by atoms with van der Waals surface area (Å²) in [5.41, 5.74) is 6.71. The molecule has 0 atom stereocenters. The Hall–Kier alpha value is -2.70. The van der Waals surface area contributed by atoms with Gasteiger partial charge in [0.15, 0.2) is 5.78 Å². The highest BCUT2D eigenvalue weighted by atomic mass is 16.5. The first-order valence-corrected chi connectivity index (χ1v) is 8.00. The maximum absolute atomic E-state index is 13.0. The zero-order valence-electron chi connectivity index (χ0n) is 14.2. The number of nitrogens with zero attached hydrogens (tertiary/aromatic N) is 1. The second-order valence-electron chi connectivity index (χ2n) is 6.19. The van der Waals surface area contributed by atoms with Crippen LogP contribution in [0.3, 0.4) is 0 Å². The van der Waals surface area contributed by atoms with Crippen molar-refractivity contribution < 1.29 is 19.4 Å². The third-order valence-electron chi connectivity index (χ3n) is 4.25. The van der Waals surface area contributed by atoms with E-state index in [0.29, 0.717) is 30.0 Å². The molecule has 2 aromatic rings. The Kier molecular flexibility index (Phi) is 4.57. The molecule has 0 heterocycles. The number of rotatable bonds is 5. The molecule has 2 aromatic carbocycles. The van der Waals surface area contributed by atoms with E-state index in [1.165, 1.54) is 0 Å². The monoisotopic (exact) mass is 340 g/mol. The number of carbonyl (C=O) groups is 2. The van der Waals surface area contributed by atoms with Crippen molar-refractivity contribution in [3.63, 3.8) is 0 Å². The number of fused-ring (bicyclic) bond motifs is 2. The van der Waals surface area contributed by atoms with Crippen molar-refractivity contribution in [2.24, 2.45) is 5.73 Å². The molecule has 0 bridgehead atoms. The van der Waals surface area contributed by atoms with Crippen molar-refractivity contribution in [3.05, 3.63) is 58.1 Å². The largest absolute Gasteiger partial charge is 0.507 e. The molecule has 0 aliphatic heterocycles. The van der Waals surface area contributed by atoms with Crippen LogP contribution in [0.15, 0.2) is 30.3 Å². The minimum absolute atomic E-state index is 0.00381. The highest BCUT2D eigenvalue weighted by molar-refractivity contribution is 6.30. The molecule has 130 valence electrons. The van der Waals surface area contributed by atoms with Gasteiger partial charge in [0.25, 0.3) is 0 Å². The van der Waals surface area contributed by atoms with Gasteiger partial charge in [-0.25, -0.2) is 0 Å². The molecule has 1 aliphatic rings. The topological polar surface area (TPSA) is 92.9 Å². The van der Waals surface area contributed by atoms with Gasteiger partial charge < -0.3 is 20.5 Å². The summed E-state index contributed by atoms with van der Waals surface area (Å²) in [4.78, 5) is 27.8. The Morgan fingerprint density at radius 2 is 1.76 bits per heavy atom. The minimum Gasteiger partial charge on any atom is -0.507 e. The third kappa shape index (κ3) is 2.90. The molecule has 25 heavy (non-hydrogen) atoms. The van der Waals surface area contributed by atoms with Crippen LogP contribution >= 0.6 is 0 Å². The number of phenols is 1. The summed E-state index contributed by atoms with van der Waals surface area (Å²) in [7, 11) is 3.84. The van der Waals surface area contributed by atoms with Gasteiger partial charge in [-0.3, -0.25) is 9.59 Å². The van der Waals surface area contributed by atoms with Crippen LogP contribution in [0.2, 0.25) is 0 Å². The van der Waals surface area contributed by atoms with E-state index >= 15 is 0 Å². The van der Waals surface area contributed by atoms with Gasteiger partial charge in [-0.1, -0.05) is 18.2 Å². The molecule has 3 rings (SSSR count). The van der Waals surface area contributed by atoms with E-state index in [1.807, 2.05) is 19.0 Å². The number of hydrogen-bond acceptors (Lipinski definition) is 6. The molecule has 1 aliphatic carbocycles. The predicted octanol–water partition coefficient (Wildman–Crippen LogP) is 1.57. The number of nitrogens with two attached hydrogens (primary N) is 1. The Balaban J connectivity index is 2.09. The van der Waals surface area contributed by atoms with Gasteiger partial charge in [-0.15, -0.1) is 0 Å². The number of benzene rings is 2. The number of phenolic OH excluding ortho intramolecular Hbond substituents is 1. The van der Waals surface area contributed by atoms with E-state index in [0.717, 1.165) is 0 Å². The van der Waals surface area contributed by atoms with Gasteiger partial charge in [-0.05, 0) is 26.2 Å². The van der Waals surface area contributed by atoms with Gasteiger partial charge in [0.05, 0.1) is 11.1 Å². The highest BCUT2D eigenvalue weighted by Gasteiger charge is 2.35. The molecule has 3 N–H and O–H groups in total. The van der Waals surface area contributed by atoms with Gasteiger partial charge >= 0.3 is 0 Å². The lowest BCUT2D eigenvalue weighted by atomic mass is 9.82. The Morgan fingerprint density at radius 1 is 1.04 bits per heavy atom. The van der Waals surface area contributed by atoms with E-state index in [9.17, 15) is 14.7 Å². The van der Waals surface area contributed by atoms with Crippen LogP contribution in [-0.2, 0) is 6.54 Å². The molecular weight excluding hydrogens is 320 g/mol. The average Bonchev–Trinajstić information content (AvgIpc) is 2.59. The number of carbonyl (C=O) groups excluding carboxylic acids is 2. The smallest absolute Gasteiger partial charge is 0.201 e. The van der Waals surface area contributed by atoms with Crippen molar-refractivity contribution in [3.8, 4) is 11.5 Å². The van der Waals surface area contributed by atoms with Crippen LogP contribution in [0.25, 0.3) is 0 Å². The van der Waals surface area contributed by atoms with Crippen molar-refractivity contribution in [2.45, 2.75) is 6.54 Å². The molecule has 0 saturated carbocycles. The number of likely N-dealkylation sites (N-methyl/N-ethyl adjacent to an activating group) is 1. The summed E-state index contributed by atoms with van der Waals surface area (Å²) in [5.74, 6) is -0.604. The fourth-order valence-corrected chi connectivity index (χ4v) is 2.90. The molecule has 0 fully saturated rings. The van der Waals surface area contributed by atoms with Crippen LogP contribution in [0, 0.1) is 0 Å². The standard InChI is InChI=1S/C19H20N2O4/c1-21(2)8-9-25-14-5-3-4-12-15(14)19(24)16-13(18(12)23)7-6-11(10-20)17(16)22/h3-7,22H,8-10,20H2,1-2H3. The Labute approximate surface area is 145 Å². The van der Waals surface area contributed by atoms with Gasteiger partial charge in [0.2, 0.25) is 5.78 Å². The van der Waals surface area contributed by atoms with Crippen molar-refractivity contribution in [1.82, 2.24) is 4.90 Å². The molecule has 6 heteroatoms. The molecule has 6 nitrogen and oxygen atoms in total. The van der Waals surface area contributed by atoms with Crippen LogP contribution in [0.1, 0.15) is 37.4 Å². The SMILES string of the molecule is CN(C)CCOc1cccc2c1C(=O)c1c(ccc(CN)c1O)C2=O. The fraction of sp³-hybridized carbons (Fsp3) is 0.263. The minimum atomic E-state index is -0.419. The first kappa shape index (κ1) is 17.1. The van der Waals surface area contributed by atoms with E-state index < -0.39 is 5.78 Å². The number of ether oxygens (including phenoxy) is 1. The Morgan fingerprint density at radius 3 is 2.44 bits per heavy atom. The van der Waals surface area contributed by atoms with E-state index in [1.54, 1.807) is 30.3 Å². The zero-order chi connectivity index (χ0) is 18.1. The summed E-state index contributed by atoms with van der Waals surface area (Å²) in [6.07, 6.45) is 0. The number of hydrogen-bond donors (Lipinski definition) is 2. The van der Waals surface area contributed by atoms with Crippen LogP contribution in [-0.4, -0.2) is 48.8 Å². The maximum atomic E-state index is 13.0. The quantitative estimate of drug-likeness (QED) is 0.732. The summed E-state index contributed by atoms with van der Waals surface area (Å²) >= 11 is 0. The van der Waals surface area contributed by atoms with Gasteiger partial charge in [0, 0.05) is 29.8 Å². The van der Waals surface area contributed by atoms with Crippen molar-refractivity contribution >= 4 is 11.6 Å². The highest BCUT2D eigenvalue weighted by Crippen LogP contribution is 2.38. The maximum Gasteiger partial charge on any atom is 0.201 e. The fourth-order valence-electron chi connectivity index (χ4n) is 2.90. The van der Waals surface area contributed by atoms with Crippen LogP contribution < -0.4 is 10.5 Å². The lowest BCUT2D eigenvalue weighted by Gasteiger charge is -2.22. The Bertz CT molecular complexity index is 859.